The van der Waals surface area contributed by atoms with Gasteiger partial charge in [0.05, 0.1) is 5.71 Å². The summed E-state index contributed by atoms with van der Waals surface area (Å²) in [5.41, 5.74) is 1.95. The van der Waals surface area contributed by atoms with E-state index in [1.54, 1.807) is 0 Å². The van der Waals surface area contributed by atoms with Gasteiger partial charge >= 0.3 is 6.03 Å². The second-order valence-corrected chi connectivity index (χ2v) is 5.67. The summed E-state index contributed by atoms with van der Waals surface area (Å²) in [5.74, 6) is -0.996. The molecule has 1 atom stereocenters. The van der Waals surface area contributed by atoms with Gasteiger partial charge in [0.15, 0.2) is 0 Å². The number of benzene rings is 2. The first-order valence-corrected chi connectivity index (χ1v) is 7.84. The molecule has 0 radical (unpaired) electrons. The zero-order valence-electron chi connectivity index (χ0n) is 13.9. The Morgan fingerprint density at radius 1 is 0.880 bits per heavy atom. The molecule has 1 aliphatic rings. The van der Waals surface area contributed by atoms with Crippen molar-refractivity contribution in [2.24, 2.45) is 5.10 Å². The number of amides is 4. The minimum atomic E-state index is -0.742. The van der Waals surface area contributed by atoms with Crippen LogP contribution in [-0.2, 0) is 9.59 Å². The van der Waals surface area contributed by atoms with Crippen molar-refractivity contribution in [2.75, 3.05) is 0 Å². The van der Waals surface area contributed by atoms with E-state index >= 15 is 0 Å². The predicted molar refractivity (Wildman–Crippen MR) is 92.6 cm³/mol. The topological polar surface area (TPSA) is 70.1 Å². The third-order valence-electron chi connectivity index (χ3n) is 3.93. The van der Waals surface area contributed by atoms with Crippen molar-refractivity contribution < 1.29 is 14.4 Å². The van der Waals surface area contributed by atoms with E-state index in [0.29, 0.717) is 5.71 Å². The third-order valence-corrected chi connectivity index (χ3v) is 3.93. The van der Waals surface area contributed by atoms with Crippen molar-refractivity contribution in [1.29, 1.82) is 0 Å². The van der Waals surface area contributed by atoms with E-state index < -0.39 is 23.9 Å². The van der Waals surface area contributed by atoms with E-state index in [1.165, 1.54) is 13.8 Å². The molecule has 0 aromatic heterocycles. The lowest BCUT2D eigenvalue weighted by atomic mass is 9.94. The molecule has 25 heavy (non-hydrogen) atoms. The smallest absolute Gasteiger partial charge is 0.275 e. The van der Waals surface area contributed by atoms with Crippen LogP contribution in [0.1, 0.15) is 31.0 Å². The number of carbonyl (C=O) groups excluding carboxylic acids is 3. The van der Waals surface area contributed by atoms with E-state index in [9.17, 15) is 14.4 Å². The highest BCUT2D eigenvalue weighted by Gasteiger charge is 2.41. The summed E-state index contributed by atoms with van der Waals surface area (Å²) in [6.45, 7) is 2.55. The van der Waals surface area contributed by atoms with Crippen molar-refractivity contribution >= 4 is 23.6 Å². The number of urea groups is 1. The fourth-order valence-corrected chi connectivity index (χ4v) is 2.83. The zero-order chi connectivity index (χ0) is 18.0. The Morgan fingerprint density at radius 2 is 1.44 bits per heavy atom. The minimum Gasteiger partial charge on any atom is -0.275 e. The summed E-state index contributed by atoms with van der Waals surface area (Å²) >= 11 is 0. The molecule has 6 heteroatoms. The second kappa shape index (κ2) is 6.68. The molecule has 0 fully saturated rings. The van der Waals surface area contributed by atoms with Gasteiger partial charge in [0.1, 0.15) is 6.04 Å². The summed E-state index contributed by atoms with van der Waals surface area (Å²) in [4.78, 5) is 37.9. The van der Waals surface area contributed by atoms with Gasteiger partial charge in [-0.2, -0.15) is 5.10 Å². The second-order valence-electron chi connectivity index (χ2n) is 5.67. The van der Waals surface area contributed by atoms with Gasteiger partial charge in [-0.1, -0.05) is 60.7 Å². The van der Waals surface area contributed by atoms with Crippen LogP contribution in [0, 0.1) is 0 Å². The maximum atomic E-state index is 12.7. The van der Waals surface area contributed by atoms with E-state index in [0.717, 1.165) is 21.0 Å². The van der Waals surface area contributed by atoms with Gasteiger partial charge in [-0.3, -0.25) is 9.59 Å². The quantitative estimate of drug-likeness (QED) is 0.847. The monoisotopic (exact) mass is 335 g/mol. The van der Waals surface area contributed by atoms with E-state index in [2.05, 4.69) is 5.10 Å². The maximum Gasteiger partial charge on any atom is 0.355 e. The SMILES string of the molecule is CC(=O)N1N=C(c2ccccc2)C(c2ccccc2)N(C(C)=O)C1=O. The van der Waals surface area contributed by atoms with Gasteiger partial charge in [0.2, 0.25) is 11.8 Å². The number of hydrazone groups is 1. The molecule has 0 saturated heterocycles. The van der Waals surface area contributed by atoms with Crippen molar-refractivity contribution in [3.8, 4) is 0 Å². The molecule has 126 valence electrons. The van der Waals surface area contributed by atoms with Gasteiger partial charge in [-0.25, -0.2) is 9.69 Å². The first-order chi connectivity index (χ1) is 12.0. The molecule has 2 aromatic rings. The fraction of sp³-hybridized carbons (Fsp3) is 0.158. The van der Waals surface area contributed by atoms with Crippen LogP contribution in [0.2, 0.25) is 0 Å². The highest BCUT2D eigenvalue weighted by molar-refractivity contribution is 6.14. The van der Waals surface area contributed by atoms with Gasteiger partial charge in [0.25, 0.3) is 0 Å². The molecule has 3 rings (SSSR count). The van der Waals surface area contributed by atoms with Gasteiger partial charge < -0.3 is 0 Å². The molecule has 1 heterocycles. The zero-order valence-corrected chi connectivity index (χ0v) is 13.9. The Bertz CT molecular complexity index is 847. The highest BCUT2D eigenvalue weighted by Crippen LogP contribution is 2.31. The Kier molecular flexibility index (Phi) is 4.43. The Labute approximate surface area is 145 Å². The summed E-state index contributed by atoms with van der Waals surface area (Å²) in [7, 11) is 0. The van der Waals surface area contributed by atoms with Gasteiger partial charge in [-0.05, 0) is 5.56 Å². The maximum absolute atomic E-state index is 12.7. The molecule has 0 bridgehead atoms. The molecular formula is C19H17N3O3. The molecular weight excluding hydrogens is 318 g/mol. The lowest BCUT2D eigenvalue weighted by Gasteiger charge is -2.37. The summed E-state index contributed by atoms with van der Waals surface area (Å²) in [5, 5.41) is 5.02. The Hall–Kier alpha value is -3.28. The van der Waals surface area contributed by atoms with Crippen LogP contribution in [0.3, 0.4) is 0 Å². The van der Waals surface area contributed by atoms with Crippen LogP contribution in [0.15, 0.2) is 65.8 Å². The molecule has 1 aliphatic heterocycles. The molecule has 2 aromatic carbocycles. The number of hydrogen-bond donors (Lipinski definition) is 0. The summed E-state index contributed by atoms with van der Waals surface area (Å²) < 4.78 is 0. The fourth-order valence-electron chi connectivity index (χ4n) is 2.83. The first-order valence-electron chi connectivity index (χ1n) is 7.84. The summed E-state index contributed by atoms with van der Waals surface area (Å²) in [6.07, 6.45) is 0. The standard InChI is InChI=1S/C19H17N3O3/c1-13(23)21-18(16-11-7-4-8-12-16)17(15-9-5-3-6-10-15)20-22(14(2)24)19(21)25/h3-12,18H,1-2H3. The lowest BCUT2D eigenvalue weighted by Crippen LogP contribution is -2.53. The number of imide groups is 2. The van der Waals surface area contributed by atoms with E-state index in [1.807, 2.05) is 60.7 Å². The Balaban J connectivity index is 2.24. The number of nitrogens with zero attached hydrogens (tertiary/aromatic N) is 3. The number of rotatable bonds is 2. The summed E-state index contributed by atoms with van der Waals surface area (Å²) in [6, 6.07) is 17.0. The van der Waals surface area contributed by atoms with Crippen molar-refractivity contribution in [1.82, 2.24) is 9.91 Å². The van der Waals surface area contributed by atoms with Crippen LogP contribution < -0.4 is 0 Å². The first kappa shape index (κ1) is 16.6. The van der Waals surface area contributed by atoms with Crippen LogP contribution in [0.25, 0.3) is 0 Å². The normalized spacial score (nSPS) is 17.3. The molecule has 0 N–H and O–H groups in total. The average molecular weight is 335 g/mol. The number of hydrogen-bond acceptors (Lipinski definition) is 4. The molecule has 0 saturated carbocycles. The largest absolute Gasteiger partial charge is 0.355 e. The third kappa shape index (κ3) is 3.06. The van der Waals surface area contributed by atoms with Gasteiger partial charge in [-0.15, -0.1) is 5.01 Å². The molecule has 1 unspecified atom stereocenters. The van der Waals surface area contributed by atoms with Crippen LogP contribution in [-0.4, -0.2) is 33.5 Å². The minimum absolute atomic E-state index is 0.451. The van der Waals surface area contributed by atoms with Crippen molar-refractivity contribution in [3.05, 3.63) is 71.8 Å². The average Bonchev–Trinajstić information content (AvgIpc) is 2.62. The Morgan fingerprint density at radius 3 is 1.96 bits per heavy atom. The van der Waals surface area contributed by atoms with Crippen LogP contribution in [0.5, 0.6) is 0 Å². The van der Waals surface area contributed by atoms with Crippen molar-refractivity contribution in [2.45, 2.75) is 19.9 Å². The predicted octanol–water partition coefficient (Wildman–Crippen LogP) is 2.96. The van der Waals surface area contributed by atoms with Crippen molar-refractivity contribution in [3.63, 3.8) is 0 Å². The molecule has 4 amide bonds. The van der Waals surface area contributed by atoms with E-state index in [-0.39, 0.29) is 0 Å². The van der Waals surface area contributed by atoms with Crippen LogP contribution in [0.4, 0.5) is 4.79 Å². The number of carbonyl (C=O) groups is 3. The molecule has 0 spiro atoms. The highest BCUT2D eigenvalue weighted by atomic mass is 16.2. The molecule has 6 nitrogen and oxygen atoms in total. The van der Waals surface area contributed by atoms with Crippen LogP contribution >= 0.6 is 0 Å². The van der Waals surface area contributed by atoms with E-state index in [4.69, 9.17) is 0 Å². The van der Waals surface area contributed by atoms with Gasteiger partial charge in [0, 0.05) is 19.4 Å². The lowest BCUT2D eigenvalue weighted by molar-refractivity contribution is -0.131. The molecule has 0 aliphatic carbocycles.